The van der Waals surface area contributed by atoms with Crippen molar-refractivity contribution in [1.29, 1.82) is 0 Å². The van der Waals surface area contributed by atoms with Gasteiger partial charge in [-0.25, -0.2) is 14.4 Å². The Morgan fingerprint density at radius 2 is 2.00 bits per heavy atom. The lowest BCUT2D eigenvalue weighted by Gasteiger charge is -2.05. The summed E-state index contributed by atoms with van der Waals surface area (Å²) in [4.78, 5) is 33.0. The fraction of sp³-hybridized carbons (Fsp3) is 0.0833. The minimum absolute atomic E-state index is 0.0640. The van der Waals surface area contributed by atoms with E-state index >= 15 is 0 Å². The van der Waals surface area contributed by atoms with Crippen LogP contribution in [0.1, 0.15) is 26.3 Å². The predicted octanol–water partition coefficient (Wildman–Crippen LogP) is 1.56. The maximum atomic E-state index is 11.5. The molecule has 0 radical (unpaired) electrons. The summed E-state index contributed by atoms with van der Waals surface area (Å²) in [7, 11) is 0. The molecule has 0 unspecified atom stereocenters. The zero-order valence-electron chi connectivity index (χ0n) is 9.10. The van der Waals surface area contributed by atoms with Gasteiger partial charge in [0.15, 0.2) is 0 Å². The lowest BCUT2D eigenvalue weighted by Crippen LogP contribution is -2.12. The Hall–Kier alpha value is -2.43. The molecule has 0 amide bonds. The number of aryl methyl sites for hydroxylation is 1. The monoisotopic (exact) mass is 234 g/mol. The van der Waals surface area contributed by atoms with Gasteiger partial charge in [0, 0.05) is 6.08 Å². The van der Waals surface area contributed by atoms with Crippen LogP contribution < -0.4 is 0 Å². The third-order valence-electron chi connectivity index (χ3n) is 2.05. The summed E-state index contributed by atoms with van der Waals surface area (Å²) in [5, 5.41) is 8.74. The molecule has 0 heterocycles. The minimum atomic E-state index is -1.09. The molecule has 88 valence electrons. The second-order valence-corrected chi connectivity index (χ2v) is 3.25. The number of carboxylic acid groups (broad SMARTS) is 1. The van der Waals surface area contributed by atoms with Gasteiger partial charge in [0.05, 0.1) is 11.1 Å². The highest BCUT2D eigenvalue weighted by atomic mass is 16.6. The third kappa shape index (κ3) is 3.01. The number of carboxylic acids is 1. The molecule has 5 nitrogen and oxygen atoms in total. The van der Waals surface area contributed by atoms with Crippen molar-refractivity contribution in [3.63, 3.8) is 0 Å². The number of carbonyl (C=O) groups is 3. The second kappa shape index (κ2) is 5.07. The summed E-state index contributed by atoms with van der Waals surface area (Å²) in [6, 6.07) is 3.90. The van der Waals surface area contributed by atoms with Crippen LogP contribution in [0.5, 0.6) is 0 Å². The molecule has 0 aliphatic heterocycles. The van der Waals surface area contributed by atoms with Gasteiger partial charge in [-0.2, -0.15) is 0 Å². The van der Waals surface area contributed by atoms with Gasteiger partial charge in [0.1, 0.15) is 0 Å². The molecule has 1 N–H and O–H groups in total. The van der Waals surface area contributed by atoms with Crippen LogP contribution in [0.15, 0.2) is 30.9 Å². The average Bonchev–Trinajstić information content (AvgIpc) is 2.28. The molecular formula is C12H10O5. The fourth-order valence-electron chi connectivity index (χ4n) is 1.21. The molecule has 0 spiro atoms. The number of hydrogen-bond donors (Lipinski definition) is 1. The van der Waals surface area contributed by atoms with Gasteiger partial charge in [0.25, 0.3) is 0 Å². The summed E-state index contributed by atoms with van der Waals surface area (Å²) < 4.78 is 4.42. The van der Waals surface area contributed by atoms with Gasteiger partial charge >= 0.3 is 17.9 Å². The molecule has 5 heteroatoms. The number of rotatable bonds is 3. The van der Waals surface area contributed by atoms with E-state index in [-0.39, 0.29) is 11.1 Å². The Bertz CT molecular complexity index is 502. The van der Waals surface area contributed by atoms with Gasteiger partial charge in [0.2, 0.25) is 0 Å². The zero-order valence-corrected chi connectivity index (χ0v) is 9.10. The van der Waals surface area contributed by atoms with E-state index in [1.54, 1.807) is 6.92 Å². The van der Waals surface area contributed by atoms with Gasteiger partial charge in [-0.05, 0) is 30.7 Å². The highest BCUT2D eigenvalue weighted by Gasteiger charge is 2.15. The second-order valence-electron chi connectivity index (χ2n) is 3.25. The molecule has 0 aromatic heterocycles. The minimum Gasteiger partial charge on any atom is -0.478 e. The number of aromatic carboxylic acids is 1. The van der Waals surface area contributed by atoms with Crippen molar-refractivity contribution in [2.45, 2.75) is 6.92 Å². The SMILES string of the molecule is C=CC(=O)OC(=O)c1ccc(C(=O)O)cc1C. The van der Waals surface area contributed by atoms with Crippen molar-refractivity contribution in [3.05, 3.63) is 47.5 Å². The number of esters is 2. The molecule has 0 saturated heterocycles. The molecule has 1 rings (SSSR count). The van der Waals surface area contributed by atoms with Crippen LogP contribution in [0, 0.1) is 6.92 Å². The Morgan fingerprint density at radius 3 is 2.47 bits per heavy atom. The molecule has 17 heavy (non-hydrogen) atoms. The molecule has 0 fully saturated rings. The lowest BCUT2D eigenvalue weighted by molar-refractivity contribution is -0.132. The number of ether oxygens (including phenoxy) is 1. The van der Waals surface area contributed by atoms with E-state index in [2.05, 4.69) is 11.3 Å². The van der Waals surface area contributed by atoms with Crippen molar-refractivity contribution >= 4 is 17.9 Å². The number of hydrogen-bond acceptors (Lipinski definition) is 4. The molecule has 1 aromatic rings. The van der Waals surface area contributed by atoms with E-state index in [1.807, 2.05) is 0 Å². The van der Waals surface area contributed by atoms with Crippen molar-refractivity contribution in [2.75, 3.05) is 0 Å². The van der Waals surface area contributed by atoms with E-state index in [4.69, 9.17) is 5.11 Å². The summed E-state index contributed by atoms with van der Waals surface area (Å²) >= 11 is 0. The first-order valence-corrected chi connectivity index (χ1v) is 4.68. The summed E-state index contributed by atoms with van der Waals surface area (Å²) in [5.41, 5.74) is 0.631. The summed E-state index contributed by atoms with van der Waals surface area (Å²) in [6.45, 7) is 4.72. The van der Waals surface area contributed by atoms with Crippen LogP contribution in [0.25, 0.3) is 0 Å². The molecule has 0 bridgehead atoms. The first kappa shape index (κ1) is 12.6. The van der Waals surface area contributed by atoms with Gasteiger partial charge in [-0.15, -0.1) is 0 Å². The van der Waals surface area contributed by atoms with Gasteiger partial charge in [-0.1, -0.05) is 6.58 Å². The highest BCUT2D eigenvalue weighted by Crippen LogP contribution is 2.12. The lowest BCUT2D eigenvalue weighted by atomic mass is 10.1. The zero-order chi connectivity index (χ0) is 13.0. The first-order chi connectivity index (χ1) is 7.95. The number of carbonyl (C=O) groups excluding carboxylic acids is 2. The predicted molar refractivity (Wildman–Crippen MR) is 58.8 cm³/mol. The van der Waals surface area contributed by atoms with Gasteiger partial charge in [-0.3, -0.25) is 0 Å². The highest BCUT2D eigenvalue weighted by molar-refractivity contribution is 6.01. The quantitative estimate of drug-likeness (QED) is 0.487. The molecule has 0 atom stereocenters. The summed E-state index contributed by atoms with van der Waals surface area (Å²) in [6.07, 6.45) is 0.874. The topological polar surface area (TPSA) is 80.7 Å². The van der Waals surface area contributed by atoms with Crippen LogP contribution in [0.2, 0.25) is 0 Å². The van der Waals surface area contributed by atoms with E-state index in [0.717, 1.165) is 6.08 Å². The van der Waals surface area contributed by atoms with Crippen LogP contribution in [0.4, 0.5) is 0 Å². The maximum Gasteiger partial charge on any atom is 0.346 e. The van der Waals surface area contributed by atoms with E-state index in [0.29, 0.717) is 5.56 Å². The Labute approximate surface area is 97.3 Å². The van der Waals surface area contributed by atoms with E-state index in [1.165, 1.54) is 18.2 Å². The normalized spacial score (nSPS) is 9.47. The smallest absolute Gasteiger partial charge is 0.346 e. The Kier molecular flexibility index (Phi) is 3.77. The largest absolute Gasteiger partial charge is 0.478 e. The first-order valence-electron chi connectivity index (χ1n) is 4.68. The molecule has 1 aromatic carbocycles. The third-order valence-corrected chi connectivity index (χ3v) is 2.05. The van der Waals surface area contributed by atoms with Crippen molar-refractivity contribution in [2.24, 2.45) is 0 Å². The van der Waals surface area contributed by atoms with Gasteiger partial charge < -0.3 is 9.84 Å². The Morgan fingerprint density at radius 1 is 1.35 bits per heavy atom. The average molecular weight is 234 g/mol. The molecule has 0 aliphatic carbocycles. The van der Waals surface area contributed by atoms with Crippen molar-refractivity contribution in [3.8, 4) is 0 Å². The van der Waals surface area contributed by atoms with Crippen molar-refractivity contribution in [1.82, 2.24) is 0 Å². The van der Waals surface area contributed by atoms with Crippen LogP contribution >= 0.6 is 0 Å². The molecular weight excluding hydrogens is 224 g/mol. The van der Waals surface area contributed by atoms with E-state index < -0.39 is 17.9 Å². The molecule has 0 aliphatic rings. The standard InChI is InChI=1S/C12H10O5/c1-3-10(13)17-12(16)9-5-4-8(11(14)15)6-7(9)2/h3-6H,1H2,2H3,(H,14,15). The van der Waals surface area contributed by atoms with Crippen LogP contribution in [-0.2, 0) is 9.53 Å². The maximum absolute atomic E-state index is 11.5. The Balaban J connectivity index is 3.00. The molecule has 0 saturated carbocycles. The van der Waals surface area contributed by atoms with Crippen LogP contribution in [0.3, 0.4) is 0 Å². The summed E-state index contributed by atoms with van der Waals surface area (Å²) in [5.74, 6) is -2.77. The van der Waals surface area contributed by atoms with Crippen LogP contribution in [-0.4, -0.2) is 23.0 Å². The van der Waals surface area contributed by atoms with Crippen molar-refractivity contribution < 1.29 is 24.2 Å². The fourth-order valence-corrected chi connectivity index (χ4v) is 1.21. The number of benzene rings is 1. The van der Waals surface area contributed by atoms with E-state index in [9.17, 15) is 14.4 Å².